The van der Waals surface area contributed by atoms with Gasteiger partial charge in [-0.2, -0.15) is 0 Å². The average Bonchev–Trinajstić information content (AvgIpc) is 2.54. The Bertz CT molecular complexity index is 840. The fourth-order valence-electron chi connectivity index (χ4n) is 1.84. The number of carbonyl (C=O) groups is 2. The Morgan fingerprint density at radius 2 is 1.84 bits per heavy atom. The lowest BCUT2D eigenvalue weighted by atomic mass is 10.2. The van der Waals surface area contributed by atoms with Crippen LogP contribution in [0.1, 0.15) is 10.4 Å². The third-order valence-corrected chi connectivity index (χ3v) is 3.17. The summed E-state index contributed by atoms with van der Waals surface area (Å²) in [5.74, 6) is -4.59. The molecule has 1 amide bonds. The highest BCUT2D eigenvalue weighted by Gasteiger charge is 2.21. The molecule has 2 aromatic carbocycles. The maximum atomic E-state index is 13.4. The van der Waals surface area contributed by atoms with E-state index in [1.54, 1.807) is 0 Å². The number of hydrogen-bond donors (Lipinski definition) is 1. The molecule has 0 saturated heterocycles. The molecule has 130 valence electrons. The summed E-state index contributed by atoms with van der Waals surface area (Å²) in [6.45, 7) is -0.896. The van der Waals surface area contributed by atoms with E-state index < -0.39 is 46.3 Å². The van der Waals surface area contributed by atoms with Crippen LogP contribution >= 0.6 is 11.6 Å². The van der Waals surface area contributed by atoms with Crippen LogP contribution in [0.2, 0.25) is 5.02 Å². The van der Waals surface area contributed by atoms with E-state index in [0.29, 0.717) is 0 Å². The van der Waals surface area contributed by atoms with E-state index in [2.05, 4.69) is 10.1 Å². The fraction of sp³-hybridized carbons (Fsp3) is 0.0667. The summed E-state index contributed by atoms with van der Waals surface area (Å²) in [6.07, 6.45) is 0. The normalized spacial score (nSPS) is 10.2. The SMILES string of the molecule is O=C(COC(=O)c1c(F)cccc1F)Nc1ccc(Cl)cc1[N+](=O)[O-]. The van der Waals surface area contributed by atoms with Crippen molar-refractivity contribution in [1.29, 1.82) is 0 Å². The Hall–Kier alpha value is -3.07. The number of carbonyl (C=O) groups excluding carboxylic acids is 2. The summed E-state index contributed by atoms with van der Waals surface area (Å²) in [5, 5.41) is 13.1. The zero-order valence-corrected chi connectivity index (χ0v) is 13.0. The third-order valence-electron chi connectivity index (χ3n) is 2.93. The van der Waals surface area contributed by atoms with Crippen molar-refractivity contribution in [2.45, 2.75) is 0 Å². The zero-order chi connectivity index (χ0) is 18.6. The van der Waals surface area contributed by atoms with Crippen LogP contribution in [-0.4, -0.2) is 23.4 Å². The van der Waals surface area contributed by atoms with Crippen LogP contribution in [-0.2, 0) is 9.53 Å². The molecular formula is C15H9ClF2N2O5. The van der Waals surface area contributed by atoms with Gasteiger partial charge in [-0.3, -0.25) is 14.9 Å². The second-order valence-electron chi connectivity index (χ2n) is 4.64. The number of hydrogen-bond acceptors (Lipinski definition) is 5. The summed E-state index contributed by atoms with van der Waals surface area (Å²) < 4.78 is 31.4. The first-order valence-electron chi connectivity index (χ1n) is 6.64. The summed E-state index contributed by atoms with van der Waals surface area (Å²) in [5.41, 5.74) is -1.58. The number of ether oxygens (including phenoxy) is 1. The first-order valence-corrected chi connectivity index (χ1v) is 7.02. The van der Waals surface area contributed by atoms with Gasteiger partial charge >= 0.3 is 5.97 Å². The second kappa shape index (κ2) is 7.67. The van der Waals surface area contributed by atoms with Gasteiger partial charge in [0, 0.05) is 11.1 Å². The summed E-state index contributed by atoms with van der Waals surface area (Å²) >= 11 is 5.64. The predicted molar refractivity (Wildman–Crippen MR) is 83.4 cm³/mol. The minimum absolute atomic E-state index is 0.0890. The van der Waals surface area contributed by atoms with Crippen molar-refractivity contribution in [1.82, 2.24) is 0 Å². The van der Waals surface area contributed by atoms with Crippen molar-refractivity contribution < 1.29 is 28.0 Å². The van der Waals surface area contributed by atoms with Crippen LogP contribution in [0.3, 0.4) is 0 Å². The molecule has 0 bridgehead atoms. The van der Waals surface area contributed by atoms with Crippen LogP contribution in [0.25, 0.3) is 0 Å². The quantitative estimate of drug-likeness (QED) is 0.494. The van der Waals surface area contributed by atoms with E-state index in [1.807, 2.05) is 0 Å². The minimum Gasteiger partial charge on any atom is -0.452 e. The molecule has 0 aliphatic rings. The molecule has 0 fully saturated rings. The molecule has 0 heterocycles. The summed E-state index contributed by atoms with van der Waals surface area (Å²) in [4.78, 5) is 33.5. The van der Waals surface area contributed by atoms with Crippen molar-refractivity contribution in [3.63, 3.8) is 0 Å². The van der Waals surface area contributed by atoms with Crippen molar-refractivity contribution in [2.24, 2.45) is 0 Å². The lowest BCUT2D eigenvalue weighted by molar-refractivity contribution is -0.383. The van der Waals surface area contributed by atoms with Gasteiger partial charge < -0.3 is 10.1 Å². The van der Waals surface area contributed by atoms with E-state index in [4.69, 9.17) is 11.6 Å². The topological polar surface area (TPSA) is 98.5 Å². The summed E-state index contributed by atoms with van der Waals surface area (Å²) in [6, 6.07) is 6.31. The van der Waals surface area contributed by atoms with Crippen LogP contribution in [0, 0.1) is 21.7 Å². The molecule has 2 rings (SSSR count). The molecule has 0 unspecified atom stereocenters. The van der Waals surface area contributed by atoms with E-state index in [0.717, 1.165) is 24.3 Å². The van der Waals surface area contributed by atoms with Gasteiger partial charge in [0.2, 0.25) is 0 Å². The van der Waals surface area contributed by atoms with Gasteiger partial charge in [0.25, 0.3) is 11.6 Å². The van der Waals surface area contributed by atoms with E-state index in [9.17, 15) is 28.5 Å². The molecule has 0 aromatic heterocycles. The molecule has 0 aliphatic carbocycles. The average molecular weight is 371 g/mol. The Morgan fingerprint density at radius 3 is 2.44 bits per heavy atom. The molecule has 2 aromatic rings. The minimum atomic E-state index is -1.38. The van der Waals surface area contributed by atoms with Gasteiger partial charge in [-0.25, -0.2) is 13.6 Å². The molecule has 0 aliphatic heterocycles. The number of esters is 1. The molecular weight excluding hydrogens is 362 g/mol. The number of rotatable bonds is 5. The second-order valence-corrected chi connectivity index (χ2v) is 5.08. The highest BCUT2D eigenvalue weighted by molar-refractivity contribution is 6.31. The van der Waals surface area contributed by atoms with E-state index in [-0.39, 0.29) is 10.7 Å². The van der Waals surface area contributed by atoms with Gasteiger partial charge in [-0.15, -0.1) is 0 Å². The predicted octanol–water partition coefficient (Wildman–Crippen LogP) is 3.32. The first-order chi connectivity index (χ1) is 11.8. The van der Waals surface area contributed by atoms with Crippen molar-refractivity contribution in [2.75, 3.05) is 11.9 Å². The highest BCUT2D eigenvalue weighted by atomic mass is 35.5. The monoisotopic (exact) mass is 370 g/mol. The van der Waals surface area contributed by atoms with Gasteiger partial charge in [-0.1, -0.05) is 17.7 Å². The fourth-order valence-corrected chi connectivity index (χ4v) is 2.01. The molecule has 7 nitrogen and oxygen atoms in total. The number of nitrogens with zero attached hydrogens (tertiary/aromatic N) is 1. The van der Waals surface area contributed by atoms with Gasteiger partial charge in [0.05, 0.1) is 4.92 Å². The van der Waals surface area contributed by atoms with Crippen LogP contribution < -0.4 is 5.32 Å². The third kappa shape index (κ3) is 4.48. The number of halogens is 3. The molecule has 25 heavy (non-hydrogen) atoms. The van der Waals surface area contributed by atoms with Crippen LogP contribution in [0.5, 0.6) is 0 Å². The Labute approximate surface area is 144 Å². The highest BCUT2D eigenvalue weighted by Crippen LogP contribution is 2.27. The van der Waals surface area contributed by atoms with Crippen molar-refractivity contribution in [3.05, 3.63) is 68.7 Å². The zero-order valence-electron chi connectivity index (χ0n) is 12.3. The molecule has 0 atom stereocenters. The van der Waals surface area contributed by atoms with Gasteiger partial charge in [0.15, 0.2) is 6.61 Å². The van der Waals surface area contributed by atoms with Crippen LogP contribution in [0.15, 0.2) is 36.4 Å². The lowest BCUT2D eigenvalue weighted by Crippen LogP contribution is -2.22. The summed E-state index contributed by atoms with van der Waals surface area (Å²) in [7, 11) is 0. The molecule has 0 saturated carbocycles. The Morgan fingerprint density at radius 1 is 1.20 bits per heavy atom. The molecule has 10 heteroatoms. The standard InChI is InChI=1S/C15H9ClF2N2O5/c16-8-4-5-11(12(6-8)20(23)24)19-13(21)7-25-15(22)14-9(17)2-1-3-10(14)18/h1-6H,7H2,(H,19,21). The molecule has 0 spiro atoms. The largest absolute Gasteiger partial charge is 0.452 e. The van der Waals surface area contributed by atoms with E-state index >= 15 is 0 Å². The van der Waals surface area contributed by atoms with Gasteiger partial charge in [-0.05, 0) is 24.3 Å². The number of benzene rings is 2. The van der Waals surface area contributed by atoms with Crippen molar-refractivity contribution >= 4 is 34.9 Å². The molecule has 0 radical (unpaired) electrons. The number of nitro benzene ring substituents is 1. The first kappa shape index (κ1) is 18.3. The van der Waals surface area contributed by atoms with E-state index in [1.165, 1.54) is 12.1 Å². The maximum Gasteiger partial charge on any atom is 0.344 e. The number of nitro groups is 1. The molecule has 1 N–H and O–H groups in total. The number of nitrogens with one attached hydrogen (secondary N) is 1. The van der Waals surface area contributed by atoms with Gasteiger partial charge in [0.1, 0.15) is 22.9 Å². The van der Waals surface area contributed by atoms with Crippen molar-refractivity contribution in [3.8, 4) is 0 Å². The smallest absolute Gasteiger partial charge is 0.344 e. The maximum absolute atomic E-state index is 13.4. The van der Waals surface area contributed by atoms with Crippen LogP contribution in [0.4, 0.5) is 20.2 Å². The number of anilines is 1. The Kier molecular flexibility index (Phi) is 5.60. The lowest BCUT2D eigenvalue weighted by Gasteiger charge is -2.08. The number of amides is 1. The Balaban J connectivity index is 2.04.